The molecule has 0 amide bonds. The molecule has 0 fully saturated rings. The molecule has 2 heterocycles. The van der Waals surface area contributed by atoms with Gasteiger partial charge in [0.2, 0.25) is 0 Å². The summed E-state index contributed by atoms with van der Waals surface area (Å²) in [5, 5.41) is 10.0. The number of benzene rings is 1. The molecule has 1 aromatic heterocycles. The van der Waals surface area contributed by atoms with Gasteiger partial charge in [0.25, 0.3) is 0 Å². The van der Waals surface area contributed by atoms with E-state index >= 15 is 0 Å². The van der Waals surface area contributed by atoms with Crippen LogP contribution < -0.4 is 4.74 Å². The molecule has 0 radical (unpaired) electrons. The number of fused-ring (bicyclic) bond motifs is 3. The summed E-state index contributed by atoms with van der Waals surface area (Å²) in [4.78, 5) is 0. The molecule has 0 aliphatic carbocycles. The molecule has 2 aromatic rings. The van der Waals surface area contributed by atoms with E-state index in [0.717, 1.165) is 23.1 Å². The van der Waals surface area contributed by atoms with Crippen LogP contribution in [0.4, 0.5) is 0 Å². The number of aliphatic hydroxyl groups excluding tert-OH is 1. The van der Waals surface area contributed by atoms with Crippen molar-refractivity contribution in [1.29, 1.82) is 0 Å². The van der Waals surface area contributed by atoms with Gasteiger partial charge in [-0.15, -0.1) is 0 Å². The van der Waals surface area contributed by atoms with Crippen LogP contribution in [-0.2, 0) is 13.0 Å². The average molecular weight is 218 g/mol. The second-order valence-corrected chi connectivity index (χ2v) is 4.88. The molecule has 1 aromatic carbocycles. The molecule has 16 heavy (non-hydrogen) atoms. The fourth-order valence-electron chi connectivity index (χ4n) is 2.27. The lowest BCUT2D eigenvalue weighted by atomic mass is 10.0. The predicted octanol–water partition coefficient (Wildman–Crippen LogP) is 2.64. The summed E-state index contributed by atoms with van der Waals surface area (Å²) in [6.45, 7) is 4.05. The molecule has 0 saturated carbocycles. The van der Waals surface area contributed by atoms with Crippen LogP contribution in [0.3, 0.4) is 0 Å². The summed E-state index contributed by atoms with van der Waals surface area (Å²) in [5.41, 5.74) is 1.77. The zero-order valence-corrected chi connectivity index (χ0v) is 9.41. The third-order valence-electron chi connectivity index (χ3n) is 2.92. The van der Waals surface area contributed by atoms with Gasteiger partial charge in [0, 0.05) is 17.4 Å². The molecular formula is C13H14O3. The summed E-state index contributed by atoms with van der Waals surface area (Å²) < 4.78 is 11.5. The third-order valence-corrected chi connectivity index (χ3v) is 2.92. The first-order valence-electron chi connectivity index (χ1n) is 5.43. The summed E-state index contributed by atoms with van der Waals surface area (Å²) in [5.74, 6) is 1.42. The zero-order chi connectivity index (χ0) is 11.3. The normalized spacial score (nSPS) is 17.4. The molecule has 1 aliphatic heterocycles. The first-order valence-corrected chi connectivity index (χ1v) is 5.43. The predicted molar refractivity (Wildman–Crippen MR) is 60.5 cm³/mol. The van der Waals surface area contributed by atoms with Crippen LogP contribution in [0.1, 0.15) is 25.2 Å². The zero-order valence-electron chi connectivity index (χ0n) is 9.41. The summed E-state index contributed by atoms with van der Waals surface area (Å²) >= 11 is 0. The third kappa shape index (κ3) is 1.32. The molecular weight excluding hydrogens is 204 g/mol. The monoisotopic (exact) mass is 218 g/mol. The van der Waals surface area contributed by atoms with E-state index in [2.05, 4.69) is 19.9 Å². The minimum Gasteiger partial charge on any atom is -0.483 e. The Balaban J connectivity index is 2.22. The van der Waals surface area contributed by atoms with Gasteiger partial charge in [0.1, 0.15) is 18.0 Å². The van der Waals surface area contributed by atoms with Gasteiger partial charge in [0.05, 0.1) is 0 Å². The van der Waals surface area contributed by atoms with Crippen LogP contribution in [-0.4, -0.2) is 10.7 Å². The Kier molecular flexibility index (Phi) is 1.83. The molecule has 3 rings (SSSR count). The van der Waals surface area contributed by atoms with Crippen molar-refractivity contribution in [3.05, 3.63) is 29.5 Å². The van der Waals surface area contributed by atoms with Crippen molar-refractivity contribution in [2.24, 2.45) is 0 Å². The average Bonchev–Trinajstić information content (AvgIpc) is 2.75. The highest BCUT2D eigenvalue weighted by molar-refractivity contribution is 5.85. The highest BCUT2D eigenvalue weighted by atomic mass is 16.5. The first kappa shape index (κ1) is 9.73. The Labute approximate surface area is 93.6 Å². The SMILES string of the molecule is CC1(C)Cc2ccc3cc(CO)oc3c2O1. The van der Waals surface area contributed by atoms with E-state index in [-0.39, 0.29) is 12.2 Å². The van der Waals surface area contributed by atoms with Crippen molar-refractivity contribution in [3.8, 4) is 5.75 Å². The fourth-order valence-corrected chi connectivity index (χ4v) is 2.27. The minimum atomic E-state index is -0.164. The van der Waals surface area contributed by atoms with E-state index < -0.39 is 0 Å². The van der Waals surface area contributed by atoms with Crippen LogP contribution in [0.5, 0.6) is 5.75 Å². The van der Waals surface area contributed by atoms with Crippen molar-refractivity contribution in [1.82, 2.24) is 0 Å². The van der Waals surface area contributed by atoms with Gasteiger partial charge in [-0.05, 0) is 19.9 Å². The number of hydrogen-bond donors (Lipinski definition) is 1. The Morgan fingerprint density at radius 3 is 2.94 bits per heavy atom. The van der Waals surface area contributed by atoms with Crippen LogP contribution in [0.15, 0.2) is 22.6 Å². The van der Waals surface area contributed by atoms with Gasteiger partial charge in [-0.3, -0.25) is 0 Å². The molecule has 3 heteroatoms. The Morgan fingerprint density at radius 1 is 1.38 bits per heavy atom. The standard InChI is InChI=1S/C13H14O3/c1-13(2)6-9-4-3-8-5-10(7-14)15-11(8)12(9)16-13/h3-5,14H,6-7H2,1-2H3. The molecule has 0 saturated heterocycles. The van der Waals surface area contributed by atoms with Crippen molar-refractivity contribution < 1.29 is 14.3 Å². The fraction of sp³-hybridized carbons (Fsp3) is 0.385. The molecule has 0 unspecified atom stereocenters. The van der Waals surface area contributed by atoms with Crippen molar-refractivity contribution in [2.75, 3.05) is 0 Å². The molecule has 84 valence electrons. The van der Waals surface area contributed by atoms with E-state index in [1.165, 1.54) is 5.56 Å². The molecule has 0 atom stereocenters. The Morgan fingerprint density at radius 2 is 2.19 bits per heavy atom. The minimum absolute atomic E-state index is 0.0765. The number of ether oxygens (including phenoxy) is 1. The Bertz CT molecular complexity index is 552. The number of hydrogen-bond acceptors (Lipinski definition) is 3. The lowest BCUT2D eigenvalue weighted by Crippen LogP contribution is -2.24. The molecule has 1 N–H and O–H groups in total. The van der Waals surface area contributed by atoms with Crippen LogP contribution >= 0.6 is 0 Å². The van der Waals surface area contributed by atoms with Crippen molar-refractivity contribution in [2.45, 2.75) is 32.5 Å². The first-order chi connectivity index (χ1) is 7.59. The van der Waals surface area contributed by atoms with E-state index in [4.69, 9.17) is 14.3 Å². The summed E-state index contributed by atoms with van der Waals surface area (Å²) in [7, 11) is 0. The maximum atomic E-state index is 9.06. The van der Waals surface area contributed by atoms with Gasteiger partial charge >= 0.3 is 0 Å². The van der Waals surface area contributed by atoms with Gasteiger partial charge in [-0.25, -0.2) is 0 Å². The largest absolute Gasteiger partial charge is 0.483 e. The van der Waals surface area contributed by atoms with E-state index in [1.807, 2.05) is 12.1 Å². The topological polar surface area (TPSA) is 42.6 Å². The number of rotatable bonds is 1. The quantitative estimate of drug-likeness (QED) is 0.800. The van der Waals surface area contributed by atoms with Crippen LogP contribution in [0.25, 0.3) is 11.0 Å². The van der Waals surface area contributed by atoms with Crippen molar-refractivity contribution in [3.63, 3.8) is 0 Å². The lowest BCUT2D eigenvalue weighted by molar-refractivity contribution is 0.138. The molecule has 1 aliphatic rings. The van der Waals surface area contributed by atoms with E-state index in [9.17, 15) is 0 Å². The summed E-state index contributed by atoms with van der Waals surface area (Å²) in [6.07, 6.45) is 0.896. The number of furan rings is 1. The second kappa shape index (κ2) is 3.01. The van der Waals surface area contributed by atoms with Gasteiger partial charge in [-0.1, -0.05) is 12.1 Å². The molecule has 3 nitrogen and oxygen atoms in total. The second-order valence-electron chi connectivity index (χ2n) is 4.88. The number of aliphatic hydroxyl groups is 1. The highest BCUT2D eigenvalue weighted by Crippen LogP contribution is 2.41. The molecule has 0 bridgehead atoms. The van der Waals surface area contributed by atoms with Crippen LogP contribution in [0, 0.1) is 0 Å². The summed E-state index contributed by atoms with van der Waals surface area (Å²) in [6, 6.07) is 5.94. The maximum Gasteiger partial charge on any atom is 0.176 e. The molecule has 0 spiro atoms. The Hall–Kier alpha value is -1.48. The smallest absolute Gasteiger partial charge is 0.176 e. The van der Waals surface area contributed by atoms with E-state index in [1.54, 1.807) is 0 Å². The van der Waals surface area contributed by atoms with Gasteiger partial charge < -0.3 is 14.3 Å². The van der Waals surface area contributed by atoms with Crippen LogP contribution in [0.2, 0.25) is 0 Å². The van der Waals surface area contributed by atoms with Crippen molar-refractivity contribution >= 4 is 11.0 Å². The van der Waals surface area contributed by atoms with E-state index in [0.29, 0.717) is 5.76 Å². The van der Waals surface area contributed by atoms with Gasteiger partial charge in [-0.2, -0.15) is 0 Å². The maximum absolute atomic E-state index is 9.06. The van der Waals surface area contributed by atoms with Gasteiger partial charge in [0.15, 0.2) is 11.3 Å². The highest BCUT2D eigenvalue weighted by Gasteiger charge is 2.32. The lowest BCUT2D eigenvalue weighted by Gasteiger charge is -2.16.